The van der Waals surface area contributed by atoms with Gasteiger partial charge in [0.15, 0.2) is 0 Å². The topological polar surface area (TPSA) is 55.8 Å². The fraction of sp³-hybridized carbons (Fsp3) is 0.533. The Morgan fingerprint density at radius 2 is 2.37 bits per heavy atom. The lowest BCUT2D eigenvalue weighted by atomic mass is 10.1. The lowest BCUT2D eigenvalue weighted by Gasteiger charge is -2.12. The summed E-state index contributed by atoms with van der Waals surface area (Å²) in [6.07, 6.45) is 4.63. The van der Waals surface area contributed by atoms with Crippen LogP contribution in [-0.2, 0) is 4.74 Å². The van der Waals surface area contributed by atoms with Crippen molar-refractivity contribution in [1.29, 1.82) is 0 Å². The molecular formula is C15H20O4. The molecule has 0 bridgehead atoms. The second-order valence-corrected chi connectivity index (χ2v) is 4.86. The van der Waals surface area contributed by atoms with Crippen LogP contribution in [0, 0.1) is 6.92 Å². The predicted molar refractivity (Wildman–Crippen MR) is 71.8 cm³/mol. The van der Waals surface area contributed by atoms with E-state index in [-0.39, 0.29) is 0 Å². The van der Waals surface area contributed by atoms with Crippen LogP contribution in [0.1, 0.15) is 41.6 Å². The van der Waals surface area contributed by atoms with Gasteiger partial charge in [-0.2, -0.15) is 0 Å². The first-order valence-electron chi connectivity index (χ1n) is 6.76. The highest BCUT2D eigenvalue weighted by Gasteiger charge is 2.15. The number of hydrogen-bond acceptors (Lipinski definition) is 3. The molecule has 2 rings (SSSR count). The molecule has 1 heterocycles. The Labute approximate surface area is 113 Å². The highest BCUT2D eigenvalue weighted by atomic mass is 16.5. The van der Waals surface area contributed by atoms with Crippen molar-refractivity contribution >= 4 is 5.97 Å². The zero-order valence-corrected chi connectivity index (χ0v) is 11.2. The van der Waals surface area contributed by atoms with Crippen LogP contribution in [0.2, 0.25) is 0 Å². The molecule has 19 heavy (non-hydrogen) atoms. The van der Waals surface area contributed by atoms with E-state index >= 15 is 0 Å². The van der Waals surface area contributed by atoms with Crippen LogP contribution in [-0.4, -0.2) is 30.4 Å². The second-order valence-electron chi connectivity index (χ2n) is 4.86. The summed E-state index contributed by atoms with van der Waals surface area (Å²) in [4.78, 5) is 11.0. The van der Waals surface area contributed by atoms with Gasteiger partial charge in [-0.05, 0) is 44.7 Å². The Bertz CT molecular complexity index is 436. The summed E-state index contributed by atoms with van der Waals surface area (Å²) >= 11 is 0. The molecule has 4 nitrogen and oxygen atoms in total. The van der Waals surface area contributed by atoms with Crippen LogP contribution in [0.3, 0.4) is 0 Å². The third-order valence-corrected chi connectivity index (χ3v) is 3.47. The Kier molecular flexibility index (Phi) is 4.80. The molecule has 1 aliphatic rings. The number of ether oxygens (including phenoxy) is 2. The van der Waals surface area contributed by atoms with Gasteiger partial charge >= 0.3 is 5.97 Å². The molecule has 1 aromatic carbocycles. The van der Waals surface area contributed by atoms with E-state index in [1.807, 2.05) is 6.07 Å². The monoisotopic (exact) mass is 264 g/mol. The van der Waals surface area contributed by atoms with E-state index in [0.717, 1.165) is 32.3 Å². The molecule has 0 saturated carbocycles. The van der Waals surface area contributed by atoms with E-state index in [1.54, 1.807) is 19.1 Å². The summed E-state index contributed by atoms with van der Waals surface area (Å²) in [5.74, 6) is -0.255. The first-order chi connectivity index (χ1) is 9.18. The molecule has 1 saturated heterocycles. The smallest absolute Gasteiger partial charge is 0.336 e. The van der Waals surface area contributed by atoms with Crippen molar-refractivity contribution in [1.82, 2.24) is 0 Å². The summed E-state index contributed by atoms with van der Waals surface area (Å²) in [5, 5.41) is 9.03. The number of rotatable bonds is 6. The van der Waals surface area contributed by atoms with Crippen molar-refractivity contribution in [2.45, 2.75) is 38.7 Å². The zero-order chi connectivity index (χ0) is 13.7. The van der Waals surface area contributed by atoms with E-state index in [9.17, 15) is 4.79 Å². The van der Waals surface area contributed by atoms with Gasteiger partial charge in [0.25, 0.3) is 0 Å². The highest BCUT2D eigenvalue weighted by molar-refractivity contribution is 5.90. The van der Waals surface area contributed by atoms with Gasteiger partial charge in [0, 0.05) is 12.2 Å². The minimum atomic E-state index is -0.915. The average molecular weight is 264 g/mol. The quantitative estimate of drug-likeness (QED) is 0.802. The molecule has 1 N–H and O–H groups in total. The molecule has 1 atom stereocenters. The molecule has 0 spiro atoms. The fourth-order valence-electron chi connectivity index (χ4n) is 2.37. The maximum Gasteiger partial charge on any atom is 0.336 e. The lowest BCUT2D eigenvalue weighted by molar-refractivity contribution is 0.0695. The zero-order valence-electron chi connectivity index (χ0n) is 11.2. The van der Waals surface area contributed by atoms with Gasteiger partial charge in [-0.1, -0.05) is 6.07 Å². The van der Waals surface area contributed by atoms with Gasteiger partial charge in [-0.3, -0.25) is 0 Å². The lowest BCUT2D eigenvalue weighted by Crippen LogP contribution is -2.08. The second kappa shape index (κ2) is 6.57. The molecule has 1 unspecified atom stereocenters. The number of aromatic carboxylic acids is 1. The first kappa shape index (κ1) is 13.9. The molecule has 0 aromatic heterocycles. The SMILES string of the molecule is Cc1c(OCCCC2CCCO2)cccc1C(=O)O. The van der Waals surface area contributed by atoms with Crippen LogP contribution >= 0.6 is 0 Å². The number of carboxylic acids is 1. The van der Waals surface area contributed by atoms with Gasteiger partial charge in [-0.15, -0.1) is 0 Å². The van der Waals surface area contributed by atoms with Crippen molar-refractivity contribution in [3.05, 3.63) is 29.3 Å². The molecular weight excluding hydrogens is 244 g/mol. The predicted octanol–water partition coefficient (Wildman–Crippen LogP) is 3.03. The third-order valence-electron chi connectivity index (χ3n) is 3.47. The van der Waals surface area contributed by atoms with Crippen LogP contribution < -0.4 is 4.74 Å². The number of carbonyl (C=O) groups is 1. The fourth-order valence-corrected chi connectivity index (χ4v) is 2.37. The Balaban J connectivity index is 1.82. The molecule has 0 amide bonds. The van der Waals surface area contributed by atoms with Gasteiger partial charge in [0.05, 0.1) is 18.3 Å². The highest BCUT2D eigenvalue weighted by Crippen LogP contribution is 2.22. The van der Waals surface area contributed by atoms with E-state index in [2.05, 4.69) is 0 Å². The minimum absolute atomic E-state index is 0.302. The summed E-state index contributed by atoms with van der Waals surface area (Å²) in [6.45, 7) is 3.26. The summed E-state index contributed by atoms with van der Waals surface area (Å²) in [6, 6.07) is 5.12. The number of benzene rings is 1. The summed E-state index contributed by atoms with van der Waals surface area (Å²) < 4.78 is 11.2. The van der Waals surface area contributed by atoms with Gasteiger partial charge in [0.2, 0.25) is 0 Å². The Morgan fingerprint density at radius 1 is 1.53 bits per heavy atom. The van der Waals surface area contributed by atoms with Crippen LogP contribution in [0.4, 0.5) is 0 Å². The van der Waals surface area contributed by atoms with E-state index in [4.69, 9.17) is 14.6 Å². The van der Waals surface area contributed by atoms with Crippen molar-refractivity contribution in [3.63, 3.8) is 0 Å². The average Bonchev–Trinajstić information content (AvgIpc) is 2.89. The first-order valence-corrected chi connectivity index (χ1v) is 6.76. The van der Waals surface area contributed by atoms with Gasteiger partial charge < -0.3 is 14.6 Å². The third kappa shape index (κ3) is 3.70. The van der Waals surface area contributed by atoms with Crippen molar-refractivity contribution in [2.75, 3.05) is 13.2 Å². The standard InChI is InChI=1S/C15H20O4/c1-11-13(15(16)17)7-2-8-14(11)19-10-4-6-12-5-3-9-18-12/h2,7-8,12H,3-6,9-10H2,1H3,(H,16,17). The van der Waals surface area contributed by atoms with Crippen LogP contribution in [0.15, 0.2) is 18.2 Å². The molecule has 104 valence electrons. The molecule has 0 radical (unpaired) electrons. The van der Waals surface area contributed by atoms with Crippen LogP contribution in [0.5, 0.6) is 5.75 Å². The van der Waals surface area contributed by atoms with E-state index in [1.165, 1.54) is 0 Å². The van der Waals surface area contributed by atoms with Crippen molar-refractivity contribution in [3.8, 4) is 5.75 Å². The normalized spacial score (nSPS) is 18.5. The number of carboxylic acid groups (broad SMARTS) is 1. The molecule has 1 aromatic rings. The van der Waals surface area contributed by atoms with Gasteiger partial charge in [0.1, 0.15) is 5.75 Å². The van der Waals surface area contributed by atoms with Crippen molar-refractivity contribution < 1.29 is 19.4 Å². The van der Waals surface area contributed by atoms with Crippen molar-refractivity contribution in [2.24, 2.45) is 0 Å². The molecule has 4 heteroatoms. The largest absolute Gasteiger partial charge is 0.493 e. The Hall–Kier alpha value is -1.55. The van der Waals surface area contributed by atoms with Crippen LogP contribution in [0.25, 0.3) is 0 Å². The molecule has 1 fully saturated rings. The number of hydrogen-bond donors (Lipinski definition) is 1. The van der Waals surface area contributed by atoms with E-state index in [0.29, 0.717) is 29.6 Å². The summed E-state index contributed by atoms with van der Waals surface area (Å²) in [5.41, 5.74) is 0.990. The molecule has 1 aliphatic heterocycles. The summed E-state index contributed by atoms with van der Waals surface area (Å²) in [7, 11) is 0. The maximum atomic E-state index is 11.0. The van der Waals surface area contributed by atoms with Gasteiger partial charge in [-0.25, -0.2) is 4.79 Å². The molecule has 0 aliphatic carbocycles. The van der Waals surface area contributed by atoms with E-state index < -0.39 is 5.97 Å². The maximum absolute atomic E-state index is 11.0. The minimum Gasteiger partial charge on any atom is -0.493 e. The Morgan fingerprint density at radius 3 is 3.05 bits per heavy atom.